The number of carbonyl (C=O) groups is 1. The SMILES string of the molecule is O=C(NC1CC2CCC(C1)N2)C1=CN2CCS(=O)(=O)N=C2C=C1. The molecule has 4 aliphatic rings. The van der Waals surface area contributed by atoms with Crippen molar-refractivity contribution in [3.63, 3.8) is 0 Å². The number of nitrogens with one attached hydrogen (secondary N) is 2. The van der Waals surface area contributed by atoms with Crippen molar-refractivity contribution in [2.45, 2.75) is 43.8 Å². The number of fused-ring (bicyclic) bond motifs is 3. The van der Waals surface area contributed by atoms with E-state index in [1.54, 1.807) is 23.3 Å². The third kappa shape index (κ3) is 3.05. The molecule has 0 radical (unpaired) electrons. The van der Waals surface area contributed by atoms with Crippen LogP contribution in [0.1, 0.15) is 25.7 Å². The highest BCUT2D eigenvalue weighted by Gasteiger charge is 2.34. The summed E-state index contributed by atoms with van der Waals surface area (Å²) < 4.78 is 26.7. The van der Waals surface area contributed by atoms with Gasteiger partial charge in [0.2, 0.25) is 0 Å². The van der Waals surface area contributed by atoms with Gasteiger partial charge in [-0.3, -0.25) is 4.79 Å². The molecule has 0 spiro atoms. The van der Waals surface area contributed by atoms with E-state index in [2.05, 4.69) is 15.0 Å². The maximum atomic E-state index is 12.5. The summed E-state index contributed by atoms with van der Waals surface area (Å²) in [6, 6.07) is 1.27. The predicted molar refractivity (Wildman–Crippen MR) is 86.3 cm³/mol. The highest BCUT2D eigenvalue weighted by atomic mass is 32.2. The van der Waals surface area contributed by atoms with Crippen LogP contribution in [0.15, 0.2) is 28.3 Å². The van der Waals surface area contributed by atoms with Gasteiger partial charge in [0.1, 0.15) is 5.84 Å². The van der Waals surface area contributed by atoms with Gasteiger partial charge in [0.05, 0.1) is 11.3 Å². The molecule has 1 amide bonds. The van der Waals surface area contributed by atoms with Gasteiger partial charge in [-0.2, -0.15) is 0 Å². The monoisotopic (exact) mass is 336 g/mol. The van der Waals surface area contributed by atoms with E-state index in [4.69, 9.17) is 0 Å². The van der Waals surface area contributed by atoms with Gasteiger partial charge in [-0.15, -0.1) is 4.40 Å². The number of amidine groups is 1. The van der Waals surface area contributed by atoms with Gasteiger partial charge in [-0.05, 0) is 37.8 Å². The molecule has 2 N–H and O–H groups in total. The largest absolute Gasteiger partial charge is 0.349 e. The van der Waals surface area contributed by atoms with Crippen molar-refractivity contribution in [3.8, 4) is 0 Å². The predicted octanol–water partition coefficient (Wildman–Crippen LogP) is -0.117. The summed E-state index contributed by atoms with van der Waals surface area (Å²) in [4.78, 5) is 14.2. The lowest BCUT2D eigenvalue weighted by Crippen LogP contribution is -2.48. The lowest BCUT2D eigenvalue weighted by molar-refractivity contribution is -0.118. The Labute approximate surface area is 135 Å². The molecule has 4 rings (SSSR count). The Kier molecular flexibility index (Phi) is 3.53. The summed E-state index contributed by atoms with van der Waals surface area (Å²) in [6.07, 6.45) is 9.28. The van der Waals surface area contributed by atoms with Crippen molar-refractivity contribution in [1.29, 1.82) is 0 Å². The Balaban J connectivity index is 1.44. The van der Waals surface area contributed by atoms with Crippen LogP contribution in [-0.4, -0.2) is 55.5 Å². The molecule has 0 aliphatic carbocycles. The molecule has 4 heterocycles. The first-order valence-corrected chi connectivity index (χ1v) is 9.65. The molecule has 2 bridgehead atoms. The number of piperidine rings is 1. The van der Waals surface area contributed by atoms with Crippen molar-refractivity contribution in [1.82, 2.24) is 15.5 Å². The number of amides is 1. The standard InChI is InChI=1S/C15H20N4O3S/c20-15(17-13-7-11-2-3-12(8-13)16-11)10-1-4-14-18-23(21,22)6-5-19(14)9-10/h1,4,9,11-13,16H,2-3,5-8H2,(H,17,20). The van der Waals surface area contributed by atoms with E-state index < -0.39 is 10.0 Å². The smallest absolute Gasteiger partial charge is 0.256 e. The van der Waals surface area contributed by atoms with Crippen LogP contribution in [0.4, 0.5) is 0 Å². The fourth-order valence-corrected chi connectivity index (χ4v) is 4.75. The third-order valence-electron chi connectivity index (χ3n) is 4.89. The van der Waals surface area contributed by atoms with Gasteiger partial charge in [-0.25, -0.2) is 8.42 Å². The molecule has 2 fully saturated rings. The van der Waals surface area contributed by atoms with Crippen molar-refractivity contribution < 1.29 is 13.2 Å². The van der Waals surface area contributed by atoms with E-state index in [-0.39, 0.29) is 17.7 Å². The van der Waals surface area contributed by atoms with Crippen LogP contribution in [0.25, 0.3) is 0 Å². The van der Waals surface area contributed by atoms with Gasteiger partial charge >= 0.3 is 0 Å². The third-order valence-corrected chi connectivity index (χ3v) is 6.06. The lowest BCUT2D eigenvalue weighted by Gasteiger charge is -2.31. The summed E-state index contributed by atoms with van der Waals surface area (Å²) in [5.74, 6) is 0.265. The van der Waals surface area contributed by atoms with E-state index in [9.17, 15) is 13.2 Å². The number of hydrogen-bond donors (Lipinski definition) is 2. The van der Waals surface area contributed by atoms with Crippen molar-refractivity contribution >= 4 is 21.8 Å². The van der Waals surface area contributed by atoms with Gasteiger partial charge < -0.3 is 15.5 Å². The Hall–Kier alpha value is -1.67. The van der Waals surface area contributed by atoms with Crippen molar-refractivity contribution in [2.75, 3.05) is 12.3 Å². The van der Waals surface area contributed by atoms with Gasteiger partial charge in [0.15, 0.2) is 0 Å². The number of sulfonamides is 1. The molecule has 0 aromatic carbocycles. The van der Waals surface area contributed by atoms with E-state index in [1.807, 2.05) is 0 Å². The molecular formula is C15H20N4O3S. The van der Waals surface area contributed by atoms with Crippen LogP contribution < -0.4 is 10.6 Å². The second kappa shape index (κ2) is 5.45. The molecule has 0 aromatic rings. The Bertz CT molecular complexity index is 713. The van der Waals surface area contributed by atoms with E-state index in [0.29, 0.717) is 30.0 Å². The summed E-state index contributed by atoms with van der Waals surface area (Å²) in [6.45, 7) is 0.333. The minimum absolute atomic E-state index is 0.0204. The van der Waals surface area contributed by atoms with Crippen LogP contribution in [0.5, 0.6) is 0 Å². The maximum absolute atomic E-state index is 12.5. The fraction of sp³-hybridized carbons (Fsp3) is 0.600. The Morgan fingerprint density at radius 2 is 2.00 bits per heavy atom. The minimum Gasteiger partial charge on any atom is -0.349 e. The zero-order valence-corrected chi connectivity index (χ0v) is 13.6. The average Bonchev–Trinajstić information content (AvgIpc) is 2.84. The molecule has 0 saturated carbocycles. The topological polar surface area (TPSA) is 90.9 Å². The van der Waals surface area contributed by atoms with E-state index in [0.717, 1.165) is 12.8 Å². The summed E-state index contributed by atoms with van der Waals surface area (Å²) >= 11 is 0. The van der Waals surface area contributed by atoms with Crippen LogP contribution in [0, 0.1) is 0 Å². The second-order valence-corrected chi connectivity index (χ2v) is 8.38. The van der Waals surface area contributed by atoms with Gasteiger partial charge in [0.25, 0.3) is 15.9 Å². The normalized spacial score (nSPS) is 34.4. The fourth-order valence-electron chi connectivity index (χ4n) is 3.78. The molecule has 0 aromatic heterocycles. The van der Waals surface area contributed by atoms with E-state index >= 15 is 0 Å². The molecular weight excluding hydrogens is 316 g/mol. The summed E-state index contributed by atoms with van der Waals surface area (Å²) in [5, 5.41) is 6.68. The molecule has 4 aliphatic heterocycles. The second-order valence-electron chi connectivity index (χ2n) is 6.63. The molecule has 7 nitrogen and oxygen atoms in total. The highest BCUT2D eigenvalue weighted by molar-refractivity contribution is 7.90. The molecule has 124 valence electrons. The molecule has 2 atom stereocenters. The Morgan fingerprint density at radius 1 is 1.26 bits per heavy atom. The van der Waals surface area contributed by atoms with E-state index in [1.165, 1.54) is 12.8 Å². The van der Waals surface area contributed by atoms with Crippen molar-refractivity contribution in [3.05, 3.63) is 23.9 Å². The molecule has 2 saturated heterocycles. The van der Waals surface area contributed by atoms with Crippen LogP contribution in [0.3, 0.4) is 0 Å². The van der Waals surface area contributed by atoms with Crippen molar-refractivity contribution in [2.24, 2.45) is 4.40 Å². The molecule has 8 heteroatoms. The summed E-state index contributed by atoms with van der Waals surface area (Å²) in [7, 11) is -3.36. The number of hydrogen-bond acceptors (Lipinski definition) is 5. The average molecular weight is 336 g/mol. The highest BCUT2D eigenvalue weighted by Crippen LogP contribution is 2.27. The molecule has 23 heavy (non-hydrogen) atoms. The first-order chi connectivity index (χ1) is 11.0. The van der Waals surface area contributed by atoms with Gasteiger partial charge in [-0.1, -0.05) is 0 Å². The number of nitrogens with zero attached hydrogens (tertiary/aromatic N) is 2. The molecule has 2 unspecified atom stereocenters. The van der Waals surface area contributed by atoms with Crippen LogP contribution in [-0.2, 0) is 14.8 Å². The first-order valence-electron chi connectivity index (χ1n) is 8.05. The lowest BCUT2D eigenvalue weighted by atomic mass is 9.99. The summed E-state index contributed by atoms with van der Waals surface area (Å²) in [5.41, 5.74) is 0.550. The van der Waals surface area contributed by atoms with Crippen LogP contribution >= 0.6 is 0 Å². The first kappa shape index (κ1) is 14.9. The maximum Gasteiger partial charge on any atom is 0.256 e. The Morgan fingerprint density at radius 3 is 2.74 bits per heavy atom. The zero-order valence-electron chi connectivity index (χ0n) is 12.7. The minimum atomic E-state index is -3.36. The number of carbonyl (C=O) groups excluding carboxylic acids is 1. The number of rotatable bonds is 2. The van der Waals surface area contributed by atoms with Gasteiger partial charge in [0, 0.05) is 30.9 Å². The zero-order chi connectivity index (χ0) is 16.0. The van der Waals surface area contributed by atoms with Crippen LogP contribution in [0.2, 0.25) is 0 Å². The quantitative estimate of drug-likeness (QED) is 0.734.